The van der Waals surface area contributed by atoms with Gasteiger partial charge in [-0.1, -0.05) is 17.7 Å². The van der Waals surface area contributed by atoms with E-state index in [4.69, 9.17) is 5.11 Å². The van der Waals surface area contributed by atoms with E-state index in [0.717, 1.165) is 11.8 Å². The molecule has 2 N–H and O–H groups in total. The van der Waals surface area contributed by atoms with E-state index in [0.29, 0.717) is 0 Å². The SMILES string of the molecule is Cc1ccc(S(=O)(=O)N/N=C/C(Br)=C(\Br)C(=O)O)cc1. The topological polar surface area (TPSA) is 95.8 Å². The molecule has 0 bridgehead atoms. The summed E-state index contributed by atoms with van der Waals surface area (Å²) in [5.41, 5.74) is 0.934. The number of hydrazone groups is 1. The number of nitrogens with zero attached hydrogens (tertiary/aromatic N) is 1. The average Bonchev–Trinajstić information content (AvgIpc) is 2.37. The zero-order valence-electron chi connectivity index (χ0n) is 10.2. The molecule has 0 amide bonds. The number of aliphatic carboxylic acids is 1. The first kappa shape index (κ1) is 16.9. The summed E-state index contributed by atoms with van der Waals surface area (Å²) in [4.78, 5) is 12.7. The van der Waals surface area contributed by atoms with Gasteiger partial charge in [-0.2, -0.15) is 13.5 Å². The normalized spacial score (nSPS) is 13.2. The fraction of sp³-hybridized carbons (Fsp3) is 0.0909. The van der Waals surface area contributed by atoms with Crippen molar-refractivity contribution in [1.29, 1.82) is 0 Å². The Labute approximate surface area is 132 Å². The van der Waals surface area contributed by atoms with Gasteiger partial charge in [-0.05, 0) is 50.9 Å². The van der Waals surface area contributed by atoms with Gasteiger partial charge in [0.2, 0.25) is 0 Å². The number of allylic oxidation sites excluding steroid dienone is 1. The van der Waals surface area contributed by atoms with Crippen LogP contribution in [0.1, 0.15) is 5.56 Å². The average molecular weight is 426 g/mol. The van der Waals surface area contributed by atoms with Gasteiger partial charge < -0.3 is 5.11 Å². The van der Waals surface area contributed by atoms with E-state index in [1.165, 1.54) is 12.1 Å². The molecule has 20 heavy (non-hydrogen) atoms. The lowest BCUT2D eigenvalue weighted by Gasteiger charge is -2.03. The Morgan fingerprint density at radius 3 is 2.35 bits per heavy atom. The predicted octanol–water partition coefficient (Wildman–Crippen LogP) is 2.35. The third-order valence-corrected chi connectivity index (χ3v) is 5.22. The monoisotopic (exact) mass is 424 g/mol. The smallest absolute Gasteiger partial charge is 0.344 e. The van der Waals surface area contributed by atoms with Crippen LogP contribution in [0.4, 0.5) is 0 Å². The van der Waals surface area contributed by atoms with Crippen molar-refractivity contribution in [3.05, 3.63) is 38.8 Å². The summed E-state index contributed by atoms with van der Waals surface area (Å²) in [7, 11) is -3.77. The number of aryl methyl sites for hydroxylation is 1. The lowest BCUT2D eigenvalue weighted by Crippen LogP contribution is -2.18. The molecule has 108 valence electrons. The Balaban J connectivity index is 2.86. The molecule has 0 aliphatic heterocycles. The minimum atomic E-state index is -3.77. The number of carboxylic acids is 1. The summed E-state index contributed by atoms with van der Waals surface area (Å²) < 4.78 is 23.6. The van der Waals surface area contributed by atoms with Crippen LogP contribution in [0.3, 0.4) is 0 Å². The van der Waals surface area contributed by atoms with Gasteiger partial charge in [-0.25, -0.2) is 9.63 Å². The lowest BCUT2D eigenvalue weighted by molar-refractivity contribution is -0.131. The van der Waals surface area contributed by atoms with Crippen molar-refractivity contribution in [3.8, 4) is 0 Å². The Bertz CT molecular complexity index is 666. The number of sulfonamides is 1. The Morgan fingerprint density at radius 1 is 1.30 bits per heavy atom. The van der Waals surface area contributed by atoms with Gasteiger partial charge in [0.15, 0.2) is 0 Å². The van der Waals surface area contributed by atoms with Crippen LogP contribution in [0, 0.1) is 6.92 Å². The highest BCUT2D eigenvalue weighted by Gasteiger charge is 2.12. The molecule has 1 rings (SSSR count). The minimum absolute atomic E-state index is 0.0673. The van der Waals surface area contributed by atoms with Gasteiger partial charge in [0.1, 0.15) is 4.48 Å². The highest BCUT2D eigenvalue weighted by Crippen LogP contribution is 2.16. The standard InChI is InChI=1S/C11H10Br2N2O4S/c1-7-2-4-8(5-3-7)20(18,19)15-14-6-9(12)10(13)11(16)17/h2-6,15H,1H3,(H,16,17)/b10-9+,14-6+. The largest absolute Gasteiger partial charge is 0.477 e. The third kappa shape index (κ3) is 4.73. The van der Waals surface area contributed by atoms with E-state index < -0.39 is 16.0 Å². The fourth-order valence-electron chi connectivity index (χ4n) is 1.08. The van der Waals surface area contributed by atoms with Gasteiger partial charge in [-0.3, -0.25) is 0 Å². The van der Waals surface area contributed by atoms with Gasteiger partial charge in [-0.15, -0.1) is 0 Å². The number of hydrogen-bond acceptors (Lipinski definition) is 4. The molecule has 0 aliphatic rings. The Morgan fingerprint density at radius 2 is 1.85 bits per heavy atom. The van der Waals surface area contributed by atoms with Gasteiger partial charge in [0, 0.05) is 0 Å². The van der Waals surface area contributed by atoms with Crippen LogP contribution in [-0.2, 0) is 14.8 Å². The molecule has 0 heterocycles. The first-order valence-electron chi connectivity index (χ1n) is 5.14. The van der Waals surface area contributed by atoms with E-state index in [9.17, 15) is 13.2 Å². The van der Waals surface area contributed by atoms with Crippen LogP contribution < -0.4 is 4.83 Å². The van der Waals surface area contributed by atoms with E-state index in [2.05, 4.69) is 37.0 Å². The second-order valence-electron chi connectivity index (χ2n) is 3.63. The quantitative estimate of drug-likeness (QED) is 0.430. The van der Waals surface area contributed by atoms with Crippen molar-refractivity contribution in [2.24, 2.45) is 5.10 Å². The van der Waals surface area contributed by atoms with Crippen molar-refractivity contribution in [2.75, 3.05) is 0 Å². The molecule has 1 aromatic carbocycles. The predicted molar refractivity (Wildman–Crippen MR) is 82.5 cm³/mol. The van der Waals surface area contributed by atoms with Gasteiger partial charge in [0.25, 0.3) is 10.0 Å². The summed E-state index contributed by atoms with van der Waals surface area (Å²) in [6.07, 6.45) is 1.03. The number of rotatable bonds is 5. The molecule has 0 aromatic heterocycles. The van der Waals surface area contributed by atoms with E-state index in [1.54, 1.807) is 12.1 Å². The van der Waals surface area contributed by atoms with Crippen molar-refractivity contribution in [1.82, 2.24) is 4.83 Å². The number of carbonyl (C=O) groups is 1. The van der Waals surface area contributed by atoms with E-state index in [-0.39, 0.29) is 13.9 Å². The van der Waals surface area contributed by atoms with Crippen molar-refractivity contribution in [3.63, 3.8) is 0 Å². The van der Waals surface area contributed by atoms with Gasteiger partial charge in [0.05, 0.1) is 15.6 Å². The molecular formula is C11H10Br2N2O4S. The second-order valence-corrected chi connectivity index (χ2v) is 6.94. The zero-order chi connectivity index (χ0) is 15.3. The number of nitrogens with one attached hydrogen (secondary N) is 1. The summed E-state index contributed by atoms with van der Waals surface area (Å²) in [5, 5.41) is 12.2. The highest BCUT2D eigenvalue weighted by molar-refractivity contribution is 9.14. The molecule has 0 saturated carbocycles. The molecule has 0 aliphatic carbocycles. The third-order valence-electron chi connectivity index (χ3n) is 2.08. The number of halogens is 2. The minimum Gasteiger partial charge on any atom is -0.477 e. The van der Waals surface area contributed by atoms with Crippen molar-refractivity contribution in [2.45, 2.75) is 11.8 Å². The second kappa shape index (κ2) is 7.00. The molecule has 9 heteroatoms. The Hall–Kier alpha value is -1.19. The number of carboxylic acid groups (broad SMARTS) is 1. The van der Waals surface area contributed by atoms with Crippen LogP contribution in [-0.4, -0.2) is 25.7 Å². The van der Waals surface area contributed by atoms with E-state index >= 15 is 0 Å². The van der Waals surface area contributed by atoms with Crippen LogP contribution in [0.25, 0.3) is 0 Å². The van der Waals surface area contributed by atoms with Crippen LogP contribution in [0.5, 0.6) is 0 Å². The number of benzene rings is 1. The maximum Gasteiger partial charge on any atom is 0.344 e. The molecule has 6 nitrogen and oxygen atoms in total. The maximum absolute atomic E-state index is 11.8. The number of hydrogen-bond donors (Lipinski definition) is 2. The molecular weight excluding hydrogens is 416 g/mol. The summed E-state index contributed by atoms with van der Waals surface area (Å²) in [5.74, 6) is -1.20. The maximum atomic E-state index is 11.8. The van der Waals surface area contributed by atoms with Crippen LogP contribution in [0.15, 0.2) is 43.2 Å². The molecule has 0 fully saturated rings. The van der Waals surface area contributed by atoms with Gasteiger partial charge >= 0.3 is 5.97 Å². The first-order chi connectivity index (χ1) is 9.24. The molecule has 0 saturated heterocycles. The summed E-state index contributed by atoms with van der Waals surface area (Å²) >= 11 is 5.75. The Kier molecular flexibility index (Phi) is 5.90. The highest BCUT2D eigenvalue weighted by atomic mass is 79.9. The van der Waals surface area contributed by atoms with Crippen LogP contribution >= 0.6 is 31.9 Å². The summed E-state index contributed by atoms with van der Waals surface area (Å²) in [6, 6.07) is 6.22. The molecule has 0 unspecified atom stereocenters. The van der Waals surface area contributed by atoms with E-state index in [1.807, 2.05) is 11.8 Å². The molecule has 1 aromatic rings. The molecule has 0 atom stereocenters. The first-order valence-corrected chi connectivity index (χ1v) is 8.21. The fourth-order valence-corrected chi connectivity index (χ4v) is 2.25. The van der Waals surface area contributed by atoms with Crippen LogP contribution in [0.2, 0.25) is 0 Å². The molecule has 0 radical (unpaired) electrons. The van der Waals surface area contributed by atoms with Crippen molar-refractivity contribution >= 4 is 54.1 Å². The van der Waals surface area contributed by atoms with Crippen molar-refractivity contribution < 1.29 is 18.3 Å². The lowest BCUT2D eigenvalue weighted by atomic mass is 10.2. The summed E-state index contributed by atoms with van der Waals surface area (Å²) in [6.45, 7) is 1.84. The molecule has 0 spiro atoms. The zero-order valence-corrected chi connectivity index (χ0v) is 14.2.